The summed E-state index contributed by atoms with van der Waals surface area (Å²) in [6.45, 7) is 2.19. The largest absolute Gasteiger partial charge is 0.396 e. The Morgan fingerprint density at radius 3 is 2.44 bits per heavy atom. The molecule has 1 aromatic carbocycles. The summed E-state index contributed by atoms with van der Waals surface area (Å²) in [6.07, 6.45) is -1.30. The maximum absolute atomic E-state index is 11.4. The van der Waals surface area contributed by atoms with E-state index in [9.17, 15) is 9.90 Å². The number of benzene rings is 1. The van der Waals surface area contributed by atoms with Gasteiger partial charge < -0.3 is 16.2 Å². The number of aliphatic hydroxyl groups excluding tert-OH is 1. The molecule has 0 fully saturated rings. The lowest BCUT2D eigenvalue weighted by molar-refractivity contribution is -0.129. The van der Waals surface area contributed by atoms with Gasteiger partial charge in [0, 0.05) is 6.54 Å². The van der Waals surface area contributed by atoms with E-state index in [-0.39, 0.29) is 15.7 Å². The van der Waals surface area contributed by atoms with Crippen LogP contribution in [0, 0.1) is 0 Å². The fourth-order valence-corrected chi connectivity index (χ4v) is 1.69. The lowest BCUT2D eigenvalue weighted by atomic mass is 10.1. The fourth-order valence-electron chi connectivity index (χ4n) is 1.18. The van der Waals surface area contributed by atoms with Crippen molar-refractivity contribution in [2.24, 2.45) is 0 Å². The number of amides is 1. The van der Waals surface area contributed by atoms with Crippen molar-refractivity contribution >= 4 is 34.8 Å². The Balaban J connectivity index is 3.01. The summed E-state index contributed by atoms with van der Waals surface area (Å²) >= 11 is 11.6. The molecule has 1 aromatic rings. The van der Waals surface area contributed by atoms with Crippen LogP contribution in [-0.4, -0.2) is 17.6 Å². The van der Waals surface area contributed by atoms with E-state index >= 15 is 0 Å². The first kappa shape index (κ1) is 13.1. The molecule has 0 spiro atoms. The molecule has 0 radical (unpaired) electrons. The van der Waals surface area contributed by atoms with Crippen molar-refractivity contribution in [3.05, 3.63) is 27.7 Å². The number of halogens is 2. The van der Waals surface area contributed by atoms with Gasteiger partial charge in [-0.3, -0.25) is 4.79 Å². The average Bonchev–Trinajstić information content (AvgIpc) is 2.24. The first-order chi connectivity index (χ1) is 7.47. The minimum atomic E-state index is -1.30. The van der Waals surface area contributed by atoms with E-state index in [1.165, 1.54) is 12.1 Å². The van der Waals surface area contributed by atoms with Crippen LogP contribution in [0.3, 0.4) is 0 Å². The maximum atomic E-state index is 11.4. The molecule has 0 aliphatic carbocycles. The smallest absolute Gasteiger partial charge is 0.253 e. The van der Waals surface area contributed by atoms with Crippen LogP contribution >= 0.6 is 23.2 Å². The predicted molar refractivity (Wildman–Crippen MR) is 64.5 cm³/mol. The number of hydrogen-bond donors (Lipinski definition) is 3. The summed E-state index contributed by atoms with van der Waals surface area (Å²) in [7, 11) is 0. The number of aliphatic hydroxyl groups is 1. The summed E-state index contributed by atoms with van der Waals surface area (Å²) in [5.74, 6) is -0.501. The zero-order chi connectivity index (χ0) is 12.3. The summed E-state index contributed by atoms with van der Waals surface area (Å²) in [5, 5.41) is 12.6. The average molecular weight is 263 g/mol. The van der Waals surface area contributed by atoms with E-state index in [1.807, 2.05) is 0 Å². The zero-order valence-corrected chi connectivity index (χ0v) is 10.1. The second-order valence-corrected chi connectivity index (χ2v) is 4.01. The fraction of sp³-hybridized carbons (Fsp3) is 0.300. The molecule has 1 amide bonds. The molecule has 0 aliphatic rings. The predicted octanol–water partition coefficient (Wildman–Crippen LogP) is 1.75. The second-order valence-electron chi connectivity index (χ2n) is 3.20. The molecule has 4 nitrogen and oxygen atoms in total. The van der Waals surface area contributed by atoms with Crippen molar-refractivity contribution in [3.63, 3.8) is 0 Å². The highest BCUT2D eigenvalue weighted by atomic mass is 35.5. The number of nitrogen functional groups attached to an aromatic ring is 1. The van der Waals surface area contributed by atoms with Crippen molar-refractivity contribution in [3.8, 4) is 0 Å². The third-order valence-electron chi connectivity index (χ3n) is 2.02. The van der Waals surface area contributed by atoms with E-state index in [1.54, 1.807) is 6.92 Å². The van der Waals surface area contributed by atoms with Gasteiger partial charge in [0.05, 0.1) is 15.7 Å². The van der Waals surface area contributed by atoms with E-state index in [0.29, 0.717) is 12.1 Å². The number of carbonyl (C=O) groups excluding carboxylic acids is 1. The summed E-state index contributed by atoms with van der Waals surface area (Å²) < 4.78 is 0. The minimum Gasteiger partial charge on any atom is -0.396 e. The molecule has 16 heavy (non-hydrogen) atoms. The normalized spacial score (nSPS) is 12.2. The van der Waals surface area contributed by atoms with Crippen LogP contribution in [0.4, 0.5) is 5.69 Å². The van der Waals surface area contributed by atoms with Gasteiger partial charge in [0.1, 0.15) is 0 Å². The number of hydrogen-bond acceptors (Lipinski definition) is 3. The van der Waals surface area contributed by atoms with Crippen LogP contribution in [0.5, 0.6) is 0 Å². The number of likely N-dealkylation sites (N-methyl/N-ethyl adjacent to an activating group) is 1. The van der Waals surface area contributed by atoms with Crippen LogP contribution in [0.25, 0.3) is 0 Å². The van der Waals surface area contributed by atoms with Gasteiger partial charge in [0.25, 0.3) is 5.91 Å². The third kappa shape index (κ3) is 2.78. The Kier molecular flexibility index (Phi) is 4.41. The van der Waals surface area contributed by atoms with Gasteiger partial charge in [-0.1, -0.05) is 23.2 Å². The number of nitrogens with one attached hydrogen (secondary N) is 1. The highest BCUT2D eigenvalue weighted by molar-refractivity contribution is 6.38. The molecular weight excluding hydrogens is 251 g/mol. The lowest BCUT2D eigenvalue weighted by Gasteiger charge is -2.12. The molecule has 0 heterocycles. The van der Waals surface area contributed by atoms with Gasteiger partial charge in [-0.25, -0.2) is 0 Å². The van der Waals surface area contributed by atoms with Gasteiger partial charge in [-0.2, -0.15) is 0 Å². The number of rotatable bonds is 3. The maximum Gasteiger partial charge on any atom is 0.253 e. The van der Waals surface area contributed by atoms with E-state index in [2.05, 4.69) is 5.32 Å². The van der Waals surface area contributed by atoms with Gasteiger partial charge >= 0.3 is 0 Å². The van der Waals surface area contributed by atoms with Crippen LogP contribution in [0.15, 0.2) is 12.1 Å². The highest BCUT2D eigenvalue weighted by Gasteiger charge is 2.18. The first-order valence-corrected chi connectivity index (χ1v) is 5.43. The molecule has 0 saturated carbocycles. The van der Waals surface area contributed by atoms with Crippen LogP contribution in [-0.2, 0) is 4.79 Å². The minimum absolute atomic E-state index is 0.214. The molecule has 0 bridgehead atoms. The molecule has 1 rings (SSSR count). The Labute approximate surface area is 103 Å². The van der Waals surface area contributed by atoms with E-state index < -0.39 is 12.0 Å². The van der Waals surface area contributed by atoms with Crippen LogP contribution in [0.2, 0.25) is 10.0 Å². The van der Waals surface area contributed by atoms with Gasteiger partial charge in [0.15, 0.2) is 6.10 Å². The van der Waals surface area contributed by atoms with Crippen molar-refractivity contribution in [2.75, 3.05) is 12.3 Å². The second kappa shape index (κ2) is 5.39. The van der Waals surface area contributed by atoms with Crippen molar-refractivity contribution < 1.29 is 9.90 Å². The Morgan fingerprint density at radius 2 is 2.00 bits per heavy atom. The molecule has 1 unspecified atom stereocenters. The third-order valence-corrected chi connectivity index (χ3v) is 2.64. The molecule has 0 saturated heterocycles. The van der Waals surface area contributed by atoms with Gasteiger partial charge in [-0.05, 0) is 24.6 Å². The Morgan fingerprint density at radius 1 is 1.50 bits per heavy atom. The number of carbonyl (C=O) groups is 1. The molecule has 0 aromatic heterocycles. The van der Waals surface area contributed by atoms with Crippen molar-refractivity contribution in [1.29, 1.82) is 0 Å². The van der Waals surface area contributed by atoms with Crippen LogP contribution < -0.4 is 11.1 Å². The zero-order valence-electron chi connectivity index (χ0n) is 8.63. The molecular formula is C10H12Cl2N2O2. The summed E-state index contributed by atoms with van der Waals surface area (Å²) in [4.78, 5) is 11.4. The Bertz CT molecular complexity index is 387. The highest BCUT2D eigenvalue weighted by Crippen LogP contribution is 2.31. The standard InChI is InChI=1S/C10H12Cl2N2O2/c1-2-14-10(16)9(15)5-3-6(11)8(13)7(12)4-5/h3-4,9,15H,2,13H2,1H3,(H,14,16). The van der Waals surface area contributed by atoms with E-state index in [0.717, 1.165) is 0 Å². The first-order valence-electron chi connectivity index (χ1n) is 4.67. The SMILES string of the molecule is CCNC(=O)C(O)c1cc(Cl)c(N)c(Cl)c1. The number of nitrogens with two attached hydrogens (primary N) is 1. The Hall–Kier alpha value is -0.970. The molecule has 4 N–H and O–H groups in total. The van der Waals surface area contributed by atoms with Crippen LogP contribution in [0.1, 0.15) is 18.6 Å². The summed E-state index contributed by atoms with van der Waals surface area (Å²) in [5.41, 5.74) is 6.09. The number of anilines is 1. The molecule has 0 aliphatic heterocycles. The van der Waals surface area contributed by atoms with Crippen molar-refractivity contribution in [2.45, 2.75) is 13.0 Å². The van der Waals surface area contributed by atoms with Crippen molar-refractivity contribution in [1.82, 2.24) is 5.32 Å². The lowest BCUT2D eigenvalue weighted by Crippen LogP contribution is -2.28. The topological polar surface area (TPSA) is 75.3 Å². The summed E-state index contributed by atoms with van der Waals surface area (Å²) in [6, 6.07) is 2.84. The van der Waals surface area contributed by atoms with E-state index in [4.69, 9.17) is 28.9 Å². The molecule has 6 heteroatoms. The molecule has 88 valence electrons. The van der Waals surface area contributed by atoms with Gasteiger partial charge in [-0.15, -0.1) is 0 Å². The van der Waals surface area contributed by atoms with Gasteiger partial charge in [0.2, 0.25) is 0 Å². The molecule has 1 atom stereocenters. The quantitative estimate of drug-likeness (QED) is 0.727. The monoisotopic (exact) mass is 262 g/mol.